The Labute approximate surface area is 144 Å². The molecule has 0 fully saturated rings. The van der Waals surface area contributed by atoms with Crippen LogP contribution in [0.3, 0.4) is 0 Å². The van der Waals surface area contributed by atoms with E-state index in [1.807, 2.05) is 56.0 Å². The Morgan fingerprint density at radius 2 is 1.67 bits per heavy atom. The van der Waals surface area contributed by atoms with Crippen LogP contribution >= 0.6 is 0 Å². The molecule has 0 heterocycles. The van der Waals surface area contributed by atoms with Crippen molar-refractivity contribution in [2.45, 2.75) is 32.9 Å². The van der Waals surface area contributed by atoms with E-state index in [4.69, 9.17) is 9.47 Å². The van der Waals surface area contributed by atoms with Crippen molar-refractivity contribution in [1.82, 2.24) is 4.90 Å². The number of hydrogen-bond acceptors (Lipinski definition) is 3. The molecule has 4 nitrogen and oxygen atoms in total. The monoisotopic (exact) mass is 327 g/mol. The van der Waals surface area contributed by atoms with Crippen LogP contribution < -0.4 is 9.47 Å². The van der Waals surface area contributed by atoms with Gasteiger partial charge in [0.2, 0.25) is 0 Å². The first-order valence-corrected chi connectivity index (χ1v) is 7.94. The largest absolute Gasteiger partial charge is 0.497 e. The van der Waals surface area contributed by atoms with Gasteiger partial charge in [-0.2, -0.15) is 0 Å². The molecule has 24 heavy (non-hydrogen) atoms. The van der Waals surface area contributed by atoms with Crippen LogP contribution in [-0.4, -0.2) is 30.6 Å². The van der Waals surface area contributed by atoms with Gasteiger partial charge in [0, 0.05) is 12.1 Å². The first-order chi connectivity index (χ1) is 11.4. The summed E-state index contributed by atoms with van der Waals surface area (Å²) in [5, 5.41) is 0. The van der Waals surface area contributed by atoms with Crippen molar-refractivity contribution in [1.29, 1.82) is 0 Å². The van der Waals surface area contributed by atoms with Crippen LogP contribution in [0.1, 0.15) is 36.7 Å². The van der Waals surface area contributed by atoms with E-state index in [9.17, 15) is 4.79 Å². The SMILES string of the molecule is COc1ccc(OC)c(C(=O)N(Cc2ccccc2)C(C)(C)C)c1. The van der Waals surface area contributed by atoms with E-state index in [0.717, 1.165) is 5.56 Å². The molecule has 0 unspecified atom stereocenters. The molecule has 0 bridgehead atoms. The maximum atomic E-state index is 13.2. The number of benzene rings is 2. The number of ether oxygens (including phenoxy) is 2. The van der Waals surface area contributed by atoms with Crippen LogP contribution in [-0.2, 0) is 6.54 Å². The Kier molecular flexibility index (Phi) is 5.50. The predicted octanol–water partition coefficient (Wildman–Crippen LogP) is 4.14. The second-order valence-corrected chi connectivity index (χ2v) is 6.61. The van der Waals surface area contributed by atoms with E-state index < -0.39 is 0 Å². The van der Waals surface area contributed by atoms with E-state index in [1.165, 1.54) is 0 Å². The molecule has 0 aliphatic carbocycles. The summed E-state index contributed by atoms with van der Waals surface area (Å²) < 4.78 is 10.6. The maximum Gasteiger partial charge on any atom is 0.258 e. The lowest BCUT2D eigenvalue weighted by Crippen LogP contribution is -2.45. The fraction of sp³-hybridized carbons (Fsp3) is 0.350. The van der Waals surface area contributed by atoms with Crippen LogP contribution in [0.15, 0.2) is 48.5 Å². The average molecular weight is 327 g/mol. The predicted molar refractivity (Wildman–Crippen MR) is 95.6 cm³/mol. The van der Waals surface area contributed by atoms with Crippen LogP contribution in [0, 0.1) is 0 Å². The highest BCUT2D eigenvalue weighted by atomic mass is 16.5. The van der Waals surface area contributed by atoms with Gasteiger partial charge in [-0.1, -0.05) is 30.3 Å². The van der Waals surface area contributed by atoms with Crippen LogP contribution in [0.25, 0.3) is 0 Å². The number of carbonyl (C=O) groups excluding carboxylic acids is 1. The van der Waals surface area contributed by atoms with Crippen molar-refractivity contribution in [3.8, 4) is 11.5 Å². The fourth-order valence-electron chi connectivity index (χ4n) is 2.51. The molecule has 1 amide bonds. The summed E-state index contributed by atoms with van der Waals surface area (Å²) in [6.07, 6.45) is 0. The van der Waals surface area contributed by atoms with Gasteiger partial charge < -0.3 is 14.4 Å². The summed E-state index contributed by atoms with van der Waals surface area (Å²) in [5.41, 5.74) is 1.26. The van der Waals surface area contributed by atoms with Crippen LogP contribution in [0.2, 0.25) is 0 Å². The average Bonchev–Trinajstić information content (AvgIpc) is 2.58. The lowest BCUT2D eigenvalue weighted by Gasteiger charge is -2.36. The second kappa shape index (κ2) is 7.39. The van der Waals surface area contributed by atoms with E-state index in [-0.39, 0.29) is 11.4 Å². The van der Waals surface area contributed by atoms with E-state index in [1.54, 1.807) is 32.4 Å². The van der Waals surface area contributed by atoms with Gasteiger partial charge in [-0.3, -0.25) is 4.79 Å². The van der Waals surface area contributed by atoms with Crippen molar-refractivity contribution in [3.63, 3.8) is 0 Å². The third-order valence-electron chi connectivity index (χ3n) is 3.88. The molecule has 0 radical (unpaired) electrons. The molecule has 0 atom stereocenters. The molecule has 0 saturated carbocycles. The Morgan fingerprint density at radius 3 is 2.21 bits per heavy atom. The van der Waals surface area contributed by atoms with Crippen molar-refractivity contribution < 1.29 is 14.3 Å². The standard InChI is InChI=1S/C20H25NO3/c1-20(2,3)21(14-15-9-7-6-8-10-15)19(22)17-13-16(23-4)11-12-18(17)24-5/h6-13H,14H2,1-5H3. The molecule has 0 aliphatic heterocycles. The summed E-state index contributed by atoms with van der Waals surface area (Å²) in [4.78, 5) is 15.1. The number of rotatable bonds is 5. The third kappa shape index (κ3) is 4.07. The molecule has 2 aromatic carbocycles. The zero-order valence-electron chi connectivity index (χ0n) is 15.0. The Morgan fingerprint density at radius 1 is 1.00 bits per heavy atom. The Bertz CT molecular complexity index is 690. The second-order valence-electron chi connectivity index (χ2n) is 6.61. The molecule has 2 rings (SSSR count). The fourth-order valence-corrected chi connectivity index (χ4v) is 2.51. The quantitative estimate of drug-likeness (QED) is 0.828. The molecule has 0 saturated heterocycles. The van der Waals surface area contributed by atoms with Crippen LogP contribution in [0.4, 0.5) is 0 Å². The number of methoxy groups -OCH3 is 2. The van der Waals surface area contributed by atoms with Gasteiger partial charge in [-0.05, 0) is 44.5 Å². The lowest BCUT2D eigenvalue weighted by atomic mass is 10.0. The Hall–Kier alpha value is -2.49. The molecule has 128 valence electrons. The van der Waals surface area contributed by atoms with Crippen molar-refractivity contribution in [3.05, 3.63) is 59.7 Å². The van der Waals surface area contributed by atoms with Crippen molar-refractivity contribution >= 4 is 5.91 Å². The molecular weight excluding hydrogens is 302 g/mol. The maximum absolute atomic E-state index is 13.2. The Balaban J connectivity index is 2.41. The van der Waals surface area contributed by atoms with Crippen molar-refractivity contribution in [2.24, 2.45) is 0 Å². The first-order valence-electron chi connectivity index (χ1n) is 7.94. The summed E-state index contributed by atoms with van der Waals surface area (Å²) in [6, 6.07) is 15.2. The lowest BCUT2D eigenvalue weighted by molar-refractivity contribution is 0.0555. The van der Waals surface area contributed by atoms with Gasteiger partial charge in [-0.15, -0.1) is 0 Å². The molecule has 0 N–H and O–H groups in total. The minimum Gasteiger partial charge on any atom is -0.497 e. The first kappa shape index (κ1) is 17.9. The number of hydrogen-bond donors (Lipinski definition) is 0. The minimum absolute atomic E-state index is 0.0814. The minimum atomic E-state index is -0.332. The van der Waals surface area contributed by atoms with Crippen molar-refractivity contribution in [2.75, 3.05) is 14.2 Å². The summed E-state index contributed by atoms with van der Waals surface area (Å²) >= 11 is 0. The van der Waals surface area contributed by atoms with Gasteiger partial charge in [-0.25, -0.2) is 0 Å². The summed E-state index contributed by atoms with van der Waals surface area (Å²) in [7, 11) is 3.15. The molecule has 0 aromatic heterocycles. The molecule has 2 aromatic rings. The number of nitrogens with zero attached hydrogens (tertiary/aromatic N) is 1. The highest BCUT2D eigenvalue weighted by Crippen LogP contribution is 2.28. The molecule has 0 aliphatic rings. The highest BCUT2D eigenvalue weighted by Gasteiger charge is 2.29. The molecule has 4 heteroatoms. The third-order valence-corrected chi connectivity index (χ3v) is 3.88. The van der Waals surface area contributed by atoms with Gasteiger partial charge in [0.25, 0.3) is 5.91 Å². The summed E-state index contributed by atoms with van der Waals surface area (Å²) in [6.45, 7) is 6.62. The molecule has 0 spiro atoms. The van der Waals surface area contributed by atoms with Gasteiger partial charge in [0.1, 0.15) is 11.5 Å². The highest BCUT2D eigenvalue weighted by molar-refractivity contribution is 5.97. The van der Waals surface area contributed by atoms with Crippen LogP contribution in [0.5, 0.6) is 11.5 Å². The number of carbonyl (C=O) groups is 1. The summed E-state index contributed by atoms with van der Waals surface area (Å²) in [5.74, 6) is 1.10. The smallest absolute Gasteiger partial charge is 0.258 e. The van der Waals surface area contributed by atoms with E-state index in [0.29, 0.717) is 23.6 Å². The number of amides is 1. The zero-order chi connectivity index (χ0) is 17.7. The van der Waals surface area contributed by atoms with Gasteiger partial charge in [0.05, 0.1) is 19.8 Å². The molecular formula is C20H25NO3. The van der Waals surface area contributed by atoms with E-state index in [2.05, 4.69) is 0 Å². The van der Waals surface area contributed by atoms with E-state index >= 15 is 0 Å². The zero-order valence-corrected chi connectivity index (χ0v) is 15.0. The van der Waals surface area contributed by atoms with Gasteiger partial charge >= 0.3 is 0 Å². The topological polar surface area (TPSA) is 38.8 Å². The van der Waals surface area contributed by atoms with Gasteiger partial charge in [0.15, 0.2) is 0 Å². The normalized spacial score (nSPS) is 11.0.